The molecule has 1 heterocycles. The minimum atomic E-state index is -4.45. The highest BCUT2D eigenvalue weighted by atomic mass is 19.4. The summed E-state index contributed by atoms with van der Waals surface area (Å²) in [6.45, 7) is 0. The number of halogens is 3. The summed E-state index contributed by atoms with van der Waals surface area (Å²) in [5.74, 6) is 0. The second kappa shape index (κ2) is 4.04. The van der Waals surface area contributed by atoms with Crippen LogP contribution in [-0.2, 0) is 6.18 Å². The summed E-state index contributed by atoms with van der Waals surface area (Å²) in [5.41, 5.74) is 0.0282. The Morgan fingerprint density at radius 1 is 1.18 bits per heavy atom. The molecule has 6 heteroatoms. The van der Waals surface area contributed by atoms with E-state index in [0.29, 0.717) is 17.5 Å². The zero-order valence-corrected chi connectivity index (χ0v) is 8.48. The van der Waals surface area contributed by atoms with Crippen LogP contribution in [0.5, 0.6) is 0 Å². The van der Waals surface area contributed by atoms with E-state index in [2.05, 4.69) is 4.98 Å². The van der Waals surface area contributed by atoms with Crippen LogP contribution in [0.15, 0.2) is 36.8 Å². The Bertz CT molecular complexity index is 528. The number of rotatable bonds is 2. The van der Waals surface area contributed by atoms with E-state index in [1.807, 2.05) is 0 Å². The summed E-state index contributed by atoms with van der Waals surface area (Å²) in [7, 11) is 0. The van der Waals surface area contributed by atoms with Crippen LogP contribution in [0.4, 0.5) is 13.2 Å². The van der Waals surface area contributed by atoms with Gasteiger partial charge in [0.1, 0.15) is 6.29 Å². The van der Waals surface area contributed by atoms with E-state index in [4.69, 9.17) is 0 Å². The number of carbonyl (C=O) groups excluding carboxylic acids is 1. The summed E-state index contributed by atoms with van der Waals surface area (Å²) in [4.78, 5) is 13.7. The SMILES string of the molecule is O=Cc1ccc(-n2cnc(C(F)(F)F)c2)cc1. The molecule has 88 valence electrons. The molecule has 0 aliphatic rings. The zero-order valence-electron chi connectivity index (χ0n) is 8.48. The highest BCUT2D eigenvalue weighted by Gasteiger charge is 2.33. The number of aldehydes is 1. The first kappa shape index (κ1) is 11.4. The average Bonchev–Trinajstić information content (AvgIpc) is 2.78. The predicted octanol–water partition coefficient (Wildman–Crippen LogP) is 2.70. The molecule has 0 spiro atoms. The molecule has 0 atom stereocenters. The van der Waals surface area contributed by atoms with Gasteiger partial charge in [0.25, 0.3) is 0 Å². The van der Waals surface area contributed by atoms with Crippen molar-refractivity contribution in [3.63, 3.8) is 0 Å². The van der Waals surface area contributed by atoms with E-state index in [0.717, 1.165) is 12.5 Å². The topological polar surface area (TPSA) is 34.9 Å². The Morgan fingerprint density at radius 3 is 2.29 bits per heavy atom. The van der Waals surface area contributed by atoms with E-state index in [9.17, 15) is 18.0 Å². The number of benzene rings is 1. The van der Waals surface area contributed by atoms with Crippen LogP contribution in [0, 0.1) is 0 Å². The number of carbonyl (C=O) groups is 1. The molecule has 0 N–H and O–H groups in total. The number of nitrogens with zero attached hydrogens (tertiary/aromatic N) is 2. The molecule has 0 fully saturated rings. The van der Waals surface area contributed by atoms with Crippen LogP contribution < -0.4 is 0 Å². The Labute approximate surface area is 94.5 Å². The molecule has 1 aromatic carbocycles. The molecule has 17 heavy (non-hydrogen) atoms. The molecule has 1 aromatic heterocycles. The van der Waals surface area contributed by atoms with Crippen LogP contribution in [0.25, 0.3) is 5.69 Å². The molecule has 0 saturated heterocycles. The number of alkyl halides is 3. The molecule has 0 aliphatic heterocycles. The summed E-state index contributed by atoms with van der Waals surface area (Å²) < 4.78 is 38.2. The minimum absolute atomic E-state index is 0.463. The third-order valence-electron chi connectivity index (χ3n) is 2.20. The van der Waals surface area contributed by atoms with Crippen molar-refractivity contribution >= 4 is 6.29 Å². The van der Waals surface area contributed by atoms with Gasteiger partial charge in [0.05, 0.1) is 6.33 Å². The lowest BCUT2D eigenvalue weighted by molar-refractivity contribution is -0.140. The van der Waals surface area contributed by atoms with Crippen molar-refractivity contribution < 1.29 is 18.0 Å². The van der Waals surface area contributed by atoms with Gasteiger partial charge in [-0.05, 0) is 24.3 Å². The second-order valence-corrected chi connectivity index (χ2v) is 3.37. The monoisotopic (exact) mass is 240 g/mol. The van der Waals surface area contributed by atoms with E-state index in [-0.39, 0.29) is 0 Å². The number of hydrogen-bond donors (Lipinski definition) is 0. The van der Waals surface area contributed by atoms with Crippen molar-refractivity contribution in [2.75, 3.05) is 0 Å². The quantitative estimate of drug-likeness (QED) is 0.756. The Balaban J connectivity index is 2.33. The maximum absolute atomic E-state index is 12.3. The van der Waals surface area contributed by atoms with Crippen LogP contribution in [-0.4, -0.2) is 15.8 Å². The van der Waals surface area contributed by atoms with Crippen LogP contribution in [0.2, 0.25) is 0 Å². The highest BCUT2D eigenvalue weighted by molar-refractivity contribution is 5.75. The van der Waals surface area contributed by atoms with Crippen LogP contribution in [0.3, 0.4) is 0 Å². The molecule has 0 saturated carbocycles. The van der Waals surface area contributed by atoms with Gasteiger partial charge in [-0.3, -0.25) is 4.79 Å². The number of imidazole rings is 1. The predicted molar refractivity (Wildman–Crippen MR) is 54.0 cm³/mol. The van der Waals surface area contributed by atoms with Crippen molar-refractivity contribution in [3.05, 3.63) is 48.0 Å². The summed E-state index contributed by atoms with van der Waals surface area (Å²) in [5, 5.41) is 0. The summed E-state index contributed by atoms with van der Waals surface area (Å²) >= 11 is 0. The molecule has 0 aliphatic carbocycles. The van der Waals surface area contributed by atoms with E-state index < -0.39 is 11.9 Å². The molecule has 0 amide bonds. The lowest BCUT2D eigenvalue weighted by Gasteiger charge is -2.02. The fraction of sp³-hybridized carbons (Fsp3) is 0.0909. The third kappa shape index (κ3) is 2.35. The minimum Gasteiger partial charge on any atom is -0.306 e. The summed E-state index contributed by atoms with van der Waals surface area (Å²) in [6.07, 6.45) is -1.80. The molecule has 3 nitrogen and oxygen atoms in total. The maximum atomic E-state index is 12.3. The molecule has 0 unspecified atom stereocenters. The molecular formula is C11H7F3N2O. The first-order valence-electron chi connectivity index (χ1n) is 4.67. The van der Waals surface area contributed by atoms with Crippen molar-refractivity contribution in [3.8, 4) is 5.69 Å². The van der Waals surface area contributed by atoms with Crippen LogP contribution in [0.1, 0.15) is 16.1 Å². The van der Waals surface area contributed by atoms with Gasteiger partial charge >= 0.3 is 6.18 Å². The van der Waals surface area contributed by atoms with E-state index >= 15 is 0 Å². The summed E-state index contributed by atoms with van der Waals surface area (Å²) in [6, 6.07) is 6.14. The van der Waals surface area contributed by atoms with Crippen molar-refractivity contribution in [2.24, 2.45) is 0 Å². The third-order valence-corrected chi connectivity index (χ3v) is 2.20. The lowest BCUT2D eigenvalue weighted by Crippen LogP contribution is -2.04. The van der Waals surface area contributed by atoms with Crippen molar-refractivity contribution in [1.82, 2.24) is 9.55 Å². The Morgan fingerprint density at radius 2 is 1.82 bits per heavy atom. The fourth-order valence-electron chi connectivity index (χ4n) is 1.34. The lowest BCUT2D eigenvalue weighted by atomic mass is 10.2. The van der Waals surface area contributed by atoms with Gasteiger partial charge in [-0.25, -0.2) is 4.98 Å². The van der Waals surface area contributed by atoms with Gasteiger partial charge in [0.15, 0.2) is 5.69 Å². The standard InChI is InChI=1S/C11H7F3N2O/c12-11(13,14)10-5-16(7-15-10)9-3-1-8(6-17)2-4-9/h1-7H. The highest BCUT2D eigenvalue weighted by Crippen LogP contribution is 2.27. The first-order valence-corrected chi connectivity index (χ1v) is 4.67. The number of aromatic nitrogens is 2. The zero-order chi connectivity index (χ0) is 12.5. The van der Waals surface area contributed by atoms with Gasteiger partial charge in [0.2, 0.25) is 0 Å². The van der Waals surface area contributed by atoms with E-state index in [1.165, 1.54) is 16.7 Å². The average molecular weight is 240 g/mol. The van der Waals surface area contributed by atoms with Crippen molar-refractivity contribution in [1.29, 1.82) is 0 Å². The van der Waals surface area contributed by atoms with Gasteiger partial charge in [-0.1, -0.05) is 0 Å². The van der Waals surface area contributed by atoms with E-state index in [1.54, 1.807) is 12.1 Å². The second-order valence-electron chi connectivity index (χ2n) is 3.37. The Hall–Kier alpha value is -2.11. The Kier molecular flexibility index (Phi) is 2.71. The smallest absolute Gasteiger partial charge is 0.306 e. The molecular weight excluding hydrogens is 233 g/mol. The molecule has 0 radical (unpaired) electrons. The van der Waals surface area contributed by atoms with Gasteiger partial charge < -0.3 is 4.57 Å². The first-order chi connectivity index (χ1) is 8.00. The number of hydrogen-bond acceptors (Lipinski definition) is 2. The molecule has 0 bridgehead atoms. The van der Waals surface area contributed by atoms with Crippen LogP contribution >= 0.6 is 0 Å². The largest absolute Gasteiger partial charge is 0.434 e. The van der Waals surface area contributed by atoms with Crippen molar-refractivity contribution in [2.45, 2.75) is 6.18 Å². The fourth-order valence-corrected chi connectivity index (χ4v) is 1.34. The van der Waals surface area contributed by atoms with Gasteiger partial charge in [0, 0.05) is 17.4 Å². The molecule has 2 rings (SSSR count). The van der Waals surface area contributed by atoms with Gasteiger partial charge in [-0.2, -0.15) is 13.2 Å². The normalized spacial score (nSPS) is 11.5. The molecule has 2 aromatic rings. The van der Waals surface area contributed by atoms with Gasteiger partial charge in [-0.15, -0.1) is 0 Å². The maximum Gasteiger partial charge on any atom is 0.434 e.